The number of esters is 5. The lowest BCUT2D eigenvalue weighted by molar-refractivity contribution is -0.432. The topological polar surface area (TPSA) is 325 Å². The molecular formula is C86H104O31. The van der Waals surface area contributed by atoms with Gasteiger partial charge >= 0.3 is 29.8 Å². The van der Waals surface area contributed by atoms with Gasteiger partial charge in [-0.2, -0.15) is 0 Å². The van der Waals surface area contributed by atoms with E-state index in [4.69, 9.17) is 123 Å². The molecular weight excluding hydrogens is 1530 g/mol. The summed E-state index contributed by atoms with van der Waals surface area (Å²) < 4.78 is 170. The van der Waals surface area contributed by atoms with Crippen molar-refractivity contribution >= 4 is 29.8 Å². The molecule has 7 saturated heterocycles. The van der Waals surface area contributed by atoms with Crippen LogP contribution >= 0.6 is 0 Å². The van der Waals surface area contributed by atoms with E-state index in [1.807, 2.05) is 103 Å². The number of fused-ring (bicyclic) bond motifs is 3. The van der Waals surface area contributed by atoms with E-state index in [0.717, 1.165) is 23.6 Å². The molecule has 6 aromatic carbocycles. The third-order valence-corrected chi connectivity index (χ3v) is 20.9. The standard InChI is InChI=1S/C86H104O31/c1-51(87)100-48-61-63(92-4)66(93-5)73(96-8)81(110-61)114-70-67(94-6)74(97-9)82(115-72(70)79(90)105-45-58-37-25-15-26-38-58)112-65-62(49-101-52(2)88)111-83(76(69(65)108-53(3)89)104-44-57-35-23-14-24-36-57)116-78-71(95-7)77-84(117-86(78,50-107-77)85(91)106-46-59-39-27-16-28-40-59)113-64-60(47-99-41-54-29-17-11-18-30-54)109-80(98-10)75(103-43-56-33-21-13-22-34-56)68(64)102-42-55-31-19-12-20-32-55/h11-40,60-78,80-84H,41-50H2,1-10H3/t60-,61-,62-,63-,64-,65-,66+,67+,68+,69+,70+,71-,72+,73-,74-,75-,76-,77+,78+,80+,81-,82-,83-,84-,86-/m1/s1. The van der Waals surface area contributed by atoms with Crippen LogP contribution in [-0.4, -0.2) is 259 Å². The number of benzene rings is 6. The average molecular weight is 1630 g/mol. The maximum absolute atomic E-state index is 16.0. The van der Waals surface area contributed by atoms with Gasteiger partial charge in [-0.05, 0) is 33.4 Å². The number of hydrogen-bond donors (Lipinski definition) is 0. The predicted octanol–water partition coefficient (Wildman–Crippen LogP) is 7.17. The van der Waals surface area contributed by atoms with Gasteiger partial charge in [0, 0.05) is 70.5 Å². The molecule has 7 fully saturated rings. The van der Waals surface area contributed by atoms with Crippen LogP contribution < -0.4 is 0 Å². The molecule has 31 heteroatoms. The van der Waals surface area contributed by atoms with E-state index in [9.17, 15) is 14.4 Å². The van der Waals surface area contributed by atoms with Gasteiger partial charge in [0.1, 0.15) is 130 Å². The van der Waals surface area contributed by atoms with Crippen LogP contribution in [0.2, 0.25) is 0 Å². The number of hydrogen-bond acceptors (Lipinski definition) is 31. The molecule has 2 bridgehead atoms. The lowest BCUT2D eigenvalue weighted by Crippen LogP contribution is -2.78. The third-order valence-electron chi connectivity index (χ3n) is 20.9. The summed E-state index contributed by atoms with van der Waals surface area (Å²) in [5, 5.41) is 0. The Labute approximate surface area is 679 Å². The Balaban J connectivity index is 0.919. The molecule has 7 aliphatic heterocycles. The van der Waals surface area contributed by atoms with Crippen molar-refractivity contribution in [2.24, 2.45) is 0 Å². The third kappa shape index (κ3) is 22.1. The second kappa shape index (κ2) is 43.2. The number of ether oxygens (including phenoxy) is 26. The molecule has 7 heterocycles. The van der Waals surface area contributed by atoms with Gasteiger partial charge in [0.25, 0.3) is 0 Å². The highest BCUT2D eigenvalue weighted by Gasteiger charge is 2.69. The van der Waals surface area contributed by atoms with Crippen LogP contribution in [0, 0.1) is 0 Å². The fraction of sp³-hybridized carbons (Fsp3) is 0.523. The van der Waals surface area contributed by atoms with Crippen molar-refractivity contribution in [3.63, 3.8) is 0 Å². The molecule has 6 aromatic rings. The van der Waals surface area contributed by atoms with Crippen LogP contribution in [0.1, 0.15) is 54.2 Å². The minimum absolute atomic E-state index is 0.0603. The smallest absolute Gasteiger partial charge is 0.344 e. The highest BCUT2D eigenvalue weighted by atomic mass is 16.8. The molecule has 0 spiro atoms. The Hall–Kier alpha value is -8.17. The lowest BCUT2D eigenvalue weighted by atomic mass is 9.83. The minimum Gasteiger partial charge on any atom is -0.463 e. The zero-order chi connectivity index (χ0) is 82.4. The van der Waals surface area contributed by atoms with Crippen LogP contribution in [0.4, 0.5) is 0 Å². The molecule has 0 aromatic heterocycles. The van der Waals surface area contributed by atoms with Crippen molar-refractivity contribution < 1.29 is 147 Å². The zero-order valence-corrected chi connectivity index (χ0v) is 66.9. The first-order valence-electron chi connectivity index (χ1n) is 38.6. The van der Waals surface area contributed by atoms with Crippen molar-refractivity contribution in [3.8, 4) is 0 Å². The Morgan fingerprint density at radius 3 is 1.19 bits per heavy atom. The van der Waals surface area contributed by atoms with Gasteiger partial charge in [0.15, 0.2) is 43.7 Å². The van der Waals surface area contributed by atoms with Gasteiger partial charge in [-0.1, -0.05) is 182 Å². The summed E-state index contributed by atoms with van der Waals surface area (Å²) in [5.41, 5.74) is 2.01. The van der Waals surface area contributed by atoms with E-state index < -0.39 is 196 Å². The Bertz CT molecular complexity index is 4010. The van der Waals surface area contributed by atoms with E-state index >= 15 is 9.59 Å². The first kappa shape index (κ1) is 88.1. The zero-order valence-electron chi connectivity index (χ0n) is 66.9. The van der Waals surface area contributed by atoms with Crippen LogP contribution in [0.15, 0.2) is 182 Å². The molecule has 0 N–H and O–H groups in total. The average Bonchev–Trinajstić information content (AvgIpc) is 0.715. The molecule has 25 atom stereocenters. The van der Waals surface area contributed by atoms with E-state index in [0.29, 0.717) is 16.7 Å². The van der Waals surface area contributed by atoms with Crippen LogP contribution in [0.3, 0.4) is 0 Å². The monoisotopic (exact) mass is 1630 g/mol. The summed E-state index contributed by atoms with van der Waals surface area (Å²) >= 11 is 0. The number of carbonyl (C=O) groups excluding carboxylic acids is 5. The second-order valence-electron chi connectivity index (χ2n) is 28.6. The number of carbonyl (C=O) groups is 5. The lowest BCUT2D eigenvalue weighted by Gasteiger charge is -2.57. The maximum atomic E-state index is 16.0. The van der Waals surface area contributed by atoms with Crippen molar-refractivity contribution in [3.05, 3.63) is 215 Å². The van der Waals surface area contributed by atoms with Crippen LogP contribution in [0.25, 0.3) is 0 Å². The minimum atomic E-state index is -2.38. The van der Waals surface area contributed by atoms with Gasteiger partial charge in [0.2, 0.25) is 5.60 Å². The summed E-state index contributed by atoms with van der Waals surface area (Å²) in [4.78, 5) is 70.8. The summed E-state index contributed by atoms with van der Waals surface area (Å²) in [6.45, 7) is 1.55. The van der Waals surface area contributed by atoms with E-state index in [1.54, 1.807) is 78.9 Å². The fourth-order valence-corrected chi connectivity index (χ4v) is 15.3. The molecule has 0 radical (unpaired) electrons. The second-order valence-corrected chi connectivity index (χ2v) is 28.6. The molecule has 117 heavy (non-hydrogen) atoms. The van der Waals surface area contributed by atoms with E-state index in [2.05, 4.69) is 0 Å². The Kier molecular flexibility index (Phi) is 32.5. The van der Waals surface area contributed by atoms with Crippen LogP contribution in [0.5, 0.6) is 0 Å². The van der Waals surface area contributed by atoms with E-state index in [1.165, 1.54) is 63.6 Å². The molecule has 0 saturated carbocycles. The van der Waals surface area contributed by atoms with Crippen molar-refractivity contribution in [2.75, 3.05) is 76.2 Å². The van der Waals surface area contributed by atoms with Crippen molar-refractivity contribution in [2.45, 2.75) is 213 Å². The largest absolute Gasteiger partial charge is 0.463 e. The van der Waals surface area contributed by atoms with Crippen molar-refractivity contribution in [1.82, 2.24) is 0 Å². The fourth-order valence-electron chi connectivity index (χ4n) is 15.3. The summed E-state index contributed by atoms with van der Waals surface area (Å²) in [5.74, 6) is -4.25. The van der Waals surface area contributed by atoms with Gasteiger partial charge in [-0.3, -0.25) is 14.4 Å². The SMILES string of the molecule is CO[C@H]1O[C@H](COCc2ccccc2)[C@@H](O[C@@H]2O[C@]3(C(=O)OCc4ccccc4)CO[C@H]2[C@@H](OC)[C@@H]3O[C@H]2O[C@H](COC(C)=O)[C@@H](O[C@@H]3O[C@H](C(=O)OCc4ccccc4)[C@@H](O[C@H]4O[C@H](COC(C)=O)[C@@H](OC)[C@H](OC)[C@H]4OC)[C@H](OC)[C@H]3OC)[C@H](OC(C)=O)[C@H]2OCc2ccccc2)[C@H](OCc2ccccc2)[C@H]1OCc1ccccc1. The van der Waals surface area contributed by atoms with Gasteiger partial charge < -0.3 is 123 Å². The quantitative estimate of drug-likeness (QED) is 0.0272. The van der Waals surface area contributed by atoms with Crippen LogP contribution in [-0.2, 0) is 187 Å². The number of rotatable bonds is 39. The molecule has 0 amide bonds. The Morgan fingerprint density at radius 1 is 0.333 bits per heavy atom. The van der Waals surface area contributed by atoms with Gasteiger partial charge in [-0.15, -0.1) is 0 Å². The number of methoxy groups -OCH3 is 7. The summed E-state index contributed by atoms with van der Waals surface area (Å²) in [7, 11) is 9.79. The van der Waals surface area contributed by atoms with Gasteiger partial charge in [-0.25, -0.2) is 9.59 Å². The molecule has 0 aliphatic carbocycles. The van der Waals surface area contributed by atoms with E-state index in [-0.39, 0.29) is 52.9 Å². The summed E-state index contributed by atoms with van der Waals surface area (Å²) in [6.07, 6.45) is -32.8. The molecule has 7 aliphatic rings. The first-order chi connectivity index (χ1) is 57.0. The predicted molar refractivity (Wildman–Crippen MR) is 406 cm³/mol. The maximum Gasteiger partial charge on any atom is 0.344 e. The Morgan fingerprint density at radius 2 is 0.718 bits per heavy atom. The molecule has 0 unspecified atom stereocenters. The highest BCUT2D eigenvalue weighted by Crippen LogP contribution is 2.47. The normalized spacial score (nSPS) is 32.1. The molecule has 31 nitrogen and oxygen atoms in total. The first-order valence-corrected chi connectivity index (χ1v) is 38.6. The van der Waals surface area contributed by atoms with Crippen molar-refractivity contribution in [1.29, 1.82) is 0 Å². The summed E-state index contributed by atoms with van der Waals surface area (Å²) in [6, 6.07) is 55.4. The highest BCUT2D eigenvalue weighted by molar-refractivity contribution is 5.81. The molecule has 634 valence electrons. The van der Waals surface area contributed by atoms with Gasteiger partial charge in [0.05, 0.1) is 39.6 Å². The molecule has 13 rings (SSSR count).